The van der Waals surface area contributed by atoms with Gasteiger partial charge in [0.05, 0.1) is 31.6 Å². The van der Waals surface area contributed by atoms with E-state index in [1.807, 2.05) is 41.0 Å². The number of piperazine rings is 1. The van der Waals surface area contributed by atoms with E-state index in [1.165, 1.54) is 0 Å². The van der Waals surface area contributed by atoms with Gasteiger partial charge in [0.1, 0.15) is 17.9 Å². The lowest BCUT2D eigenvalue weighted by Crippen LogP contribution is -2.50. The van der Waals surface area contributed by atoms with E-state index in [0.29, 0.717) is 13.1 Å². The summed E-state index contributed by atoms with van der Waals surface area (Å²) in [6.07, 6.45) is 1.54. The van der Waals surface area contributed by atoms with Crippen molar-refractivity contribution in [3.8, 4) is 5.75 Å². The lowest BCUT2D eigenvalue weighted by Gasteiger charge is -2.34. The van der Waals surface area contributed by atoms with E-state index in [4.69, 9.17) is 4.74 Å². The number of nitrogens with zero attached hydrogens (tertiary/aromatic N) is 5. The van der Waals surface area contributed by atoms with E-state index < -0.39 is 0 Å². The normalized spacial score (nSPS) is 16.5. The largest absolute Gasteiger partial charge is 0.497 e. The number of amides is 1. The number of benzene rings is 1. The Labute approximate surface area is 152 Å². The molecule has 134 valence electrons. The van der Waals surface area contributed by atoms with Gasteiger partial charge in [0.25, 0.3) is 0 Å². The zero-order chi connectivity index (χ0) is 18.1. The van der Waals surface area contributed by atoms with Crippen LogP contribution in [0.25, 0.3) is 0 Å². The molecule has 0 radical (unpaired) electrons. The molecule has 0 aliphatic carbocycles. The number of carbonyl (C=O) groups is 1. The Kier molecular flexibility index (Phi) is 4.28. The summed E-state index contributed by atoms with van der Waals surface area (Å²) in [5.74, 6) is 1.69. The predicted octanol–water partition coefficient (Wildman–Crippen LogP) is 1.50. The molecule has 1 saturated heterocycles. The van der Waals surface area contributed by atoms with E-state index in [1.54, 1.807) is 13.4 Å². The van der Waals surface area contributed by atoms with Crippen LogP contribution in [0.2, 0.25) is 0 Å². The first kappa shape index (κ1) is 16.5. The molecule has 7 heteroatoms. The van der Waals surface area contributed by atoms with Crippen LogP contribution in [-0.2, 0) is 11.3 Å². The second-order valence-corrected chi connectivity index (χ2v) is 6.34. The standard InChI is InChI=1S/C19H21N5O2/c1-3-23-6-7-24(11-18(23)25)17-9-16(21-12-22-17)19-15-8-14(26-2)5-4-13(15)10-20-19/h4-5,8-9,12H,3,6-7,10-11H2,1-2H3. The number of hydrogen-bond donors (Lipinski definition) is 0. The highest BCUT2D eigenvalue weighted by molar-refractivity contribution is 6.14. The molecule has 2 aliphatic heterocycles. The van der Waals surface area contributed by atoms with Crippen molar-refractivity contribution in [2.75, 3.05) is 38.2 Å². The second kappa shape index (κ2) is 6.74. The molecule has 4 rings (SSSR count). The van der Waals surface area contributed by atoms with Crippen molar-refractivity contribution in [2.24, 2.45) is 4.99 Å². The fourth-order valence-electron chi connectivity index (χ4n) is 3.40. The summed E-state index contributed by atoms with van der Waals surface area (Å²) in [5.41, 5.74) is 3.82. The first-order chi connectivity index (χ1) is 12.7. The van der Waals surface area contributed by atoms with Crippen molar-refractivity contribution >= 4 is 17.4 Å². The molecule has 0 unspecified atom stereocenters. The third-order valence-corrected chi connectivity index (χ3v) is 4.90. The first-order valence-corrected chi connectivity index (χ1v) is 8.76. The monoisotopic (exact) mass is 351 g/mol. The summed E-state index contributed by atoms with van der Waals surface area (Å²) >= 11 is 0. The summed E-state index contributed by atoms with van der Waals surface area (Å²) in [7, 11) is 1.66. The van der Waals surface area contributed by atoms with Crippen molar-refractivity contribution in [1.82, 2.24) is 14.9 Å². The number of aromatic nitrogens is 2. The van der Waals surface area contributed by atoms with Crippen LogP contribution in [0.15, 0.2) is 35.6 Å². The van der Waals surface area contributed by atoms with E-state index in [-0.39, 0.29) is 5.91 Å². The Morgan fingerprint density at radius 2 is 2.08 bits per heavy atom. The molecule has 1 aromatic heterocycles. The zero-order valence-electron chi connectivity index (χ0n) is 15.0. The molecule has 0 atom stereocenters. The van der Waals surface area contributed by atoms with E-state index in [9.17, 15) is 4.79 Å². The van der Waals surface area contributed by atoms with Crippen LogP contribution < -0.4 is 9.64 Å². The minimum atomic E-state index is 0.132. The molecule has 1 fully saturated rings. The van der Waals surface area contributed by atoms with Gasteiger partial charge in [-0.1, -0.05) is 6.07 Å². The Hall–Kier alpha value is -2.96. The van der Waals surface area contributed by atoms with E-state index in [0.717, 1.165) is 53.7 Å². The Morgan fingerprint density at radius 3 is 2.85 bits per heavy atom. The molecule has 1 aromatic carbocycles. The molecule has 0 N–H and O–H groups in total. The van der Waals surface area contributed by atoms with Crippen LogP contribution in [0, 0.1) is 0 Å². The SMILES string of the molecule is CCN1CCN(c2cc(C3=NCc4ccc(OC)cc43)ncn2)CC1=O. The molecular formula is C19H21N5O2. The predicted molar refractivity (Wildman–Crippen MR) is 98.8 cm³/mol. The molecular weight excluding hydrogens is 330 g/mol. The molecule has 0 spiro atoms. The van der Waals surface area contributed by atoms with Gasteiger partial charge in [-0.3, -0.25) is 9.79 Å². The highest BCUT2D eigenvalue weighted by Gasteiger charge is 2.25. The topological polar surface area (TPSA) is 70.9 Å². The number of anilines is 1. The number of likely N-dealkylation sites (N-methyl/N-ethyl adjacent to an activating group) is 1. The number of methoxy groups -OCH3 is 1. The number of aliphatic imine (C=N–C) groups is 1. The van der Waals surface area contributed by atoms with E-state index in [2.05, 4.69) is 15.0 Å². The lowest BCUT2D eigenvalue weighted by molar-refractivity contribution is -0.130. The molecule has 1 amide bonds. The summed E-state index contributed by atoms with van der Waals surface area (Å²) in [6, 6.07) is 7.89. The average Bonchev–Trinajstić information content (AvgIpc) is 3.11. The fourth-order valence-corrected chi connectivity index (χ4v) is 3.40. The molecule has 7 nitrogen and oxygen atoms in total. The number of hydrogen-bond acceptors (Lipinski definition) is 6. The number of ether oxygens (including phenoxy) is 1. The Balaban J connectivity index is 1.61. The highest BCUT2D eigenvalue weighted by atomic mass is 16.5. The summed E-state index contributed by atoms with van der Waals surface area (Å²) in [6.45, 7) is 5.23. The van der Waals surface area contributed by atoms with Crippen molar-refractivity contribution in [1.29, 1.82) is 0 Å². The zero-order valence-corrected chi connectivity index (χ0v) is 15.0. The van der Waals surface area contributed by atoms with Crippen LogP contribution >= 0.6 is 0 Å². The van der Waals surface area contributed by atoms with Crippen LogP contribution in [-0.4, -0.2) is 59.8 Å². The van der Waals surface area contributed by atoms with Crippen LogP contribution in [0.4, 0.5) is 5.82 Å². The number of rotatable bonds is 4. The van der Waals surface area contributed by atoms with Crippen molar-refractivity contribution in [3.63, 3.8) is 0 Å². The second-order valence-electron chi connectivity index (χ2n) is 6.34. The maximum Gasteiger partial charge on any atom is 0.242 e. The van der Waals surface area contributed by atoms with Crippen LogP contribution in [0.1, 0.15) is 23.7 Å². The lowest BCUT2D eigenvalue weighted by atomic mass is 10.0. The van der Waals surface area contributed by atoms with Gasteiger partial charge in [-0.2, -0.15) is 0 Å². The van der Waals surface area contributed by atoms with Crippen LogP contribution in [0.5, 0.6) is 5.75 Å². The van der Waals surface area contributed by atoms with Gasteiger partial charge in [0.2, 0.25) is 5.91 Å². The third kappa shape index (κ3) is 2.89. The quantitative estimate of drug-likeness (QED) is 0.835. The van der Waals surface area contributed by atoms with Gasteiger partial charge in [-0.25, -0.2) is 9.97 Å². The van der Waals surface area contributed by atoms with Crippen molar-refractivity contribution in [2.45, 2.75) is 13.5 Å². The smallest absolute Gasteiger partial charge is 0.242 e. The molecule has 0 bridgehead atoms. The summed E-state index contributed by atoms with van der Waals surface area (Å²) in [4.78, 5) is 29.5. The van der Waals surface area contributed by atoms with Gasteiger partial charge in [-0.05, 0) is 24.6 Å². The molecule has 3 heterocycles. The summed E-state index contributed by atoms with van der Waals surface area (Å²) in [5, 5.41) is 0. The van der Waals surface area contributed by atoms with Gasteiger partial charge in [0, 0.05) is 31.3 Å². The minimum absolute atomic E-state index is 0.132. The van der Waals surface area contributed by atoms with Crippen molar-refractivity contribution < 1.29 is 9.53 Å². The number of carbonyl (C=O) groups excluding carboxylic acids is 1. The molecule has 0 saturated carbocycles. The van der Waals surface area contributed by atoms with Gasteiger partial charge >= 0.3 is 0 Å². The Morgan fingerprint density at radius 1 is 1.19 bits per heavy atom. The van der Waals surface area contributed by atoms with Crippen molar-refractivity contribution in [3.05, 3.63) is 47.4 Å². The fraction of sp³-hybridized carbons (Fsp3) is 0.368. The molecule has 26 heavy (non-hydrogen) atoms. The highest BCUT2D eigenvalue weighted by Crippen LogP contribution is 2.27. The maximum atomic E-state index is 12.2. The van der Waals surface area contributed by atoms with Crippen LogP contribution in [0.3, 0.4) is 0 Å². The minimum Gasteiger partial charge on any atom is -0.497 e. The van der Waals surface area contributed by atoms with E-state index >= 15 is 0 Å². The first-order valence-electron chi connectivity index (χ1n) is 8.76. The molecule has 2 aromatic rings. The summed E-state index contributed by atoms with van der Waals surface area (Å²) < 4.78 is 5.34. The number of fused-ring (bicyclic) bond motifs is 1. The third-order valence-electron chi connectivity index (χ3n) is 4.90. The molecule has 2 aliphatic rings. The van der Waals surface area contributed by atoms with Gasteiger partial charge in [0.15, 0.2) is 0 Å². The average molecular weight is 351 g/mol. The maximum absolute atomic E-state index is 12.2. The Bertz CT molecular complexity index is 880. The van der Waals surface area contributed by atoms with Gasteiger partial charge in [-0.15, -0.1) is 0 Å². The van der Waals surface area contributed by atoms with Gasteiger partial charge < -0.3 is 14.5 Å².